The van der Waals surface area contributed by atoms with Crippen molar-refractivity contribution in [2.24, 2.45) is 5.92 Å². The van der Waals surface area contributed by atoms with Crippen molar-refractivity contribution in [3.05, 3.63) is 24.3 Å². The van der Waals surface area contributed by atoms with E-state index in [-0.39, 0.29) is 10.8 Å². The molecule has 1 aromatic carbocycles. The number of hydrogen-bond acceptors (Lipinski definition) is 3. The molecule has 1 aromatic rings. The Labute approximate surface area is 126 Å². The first-order valence-electron chi connectivity index (χ1n) is 7.33. The zero-order valence-corrected chi connectivity index (χ0v) is 13.3. The molecule has 1 amide bonds. The van der Waals surface area contributed by atoms with Gasteiger partial charge in [0.05, 0.1) is 4.90 Å². The molecule has 1 aliphatic rings. The topological polar surface area (TPSA) is 66.5 Å². The predicted molar refractivity (Wildman–Crippen MR) is 82.5 cm³/mol. The van der Waals surface area contributed by atoms with E-state index >= 15 is 0 Å². The molecule has 1 N–H and O–H groups in total. The normalized spacial score (nSPS) is 17.6. The number of benzene rings is 1. The number of hydrogen-bond donors (Lipinski definition) is 1. The average Bonchev–Trinajstić information content (AvgIpc) is 2.48. The monoisotopic (exact) mass is 310 g/mol. The molecule has 116 valence electrons. The van der Waals surface area contributed by atoms with Gasteiger partial charge >= 0.3 is 0 Å². The molecule has 1 fully saturated rings. The van der Waals surface area contributed by atoms with Crippen LogP contribution in [0, 0.1) is 5.92 Å². The van der Waals surface area contributed by atoms with Crippen LogP contribution in [-0.4, -0.2) is 31.7 Å². The van der Waals surface area contributed by atoms with E-state index in [1.807, 2.05) is 0 Å². The van der Waals surface area contributed by atoms with Crippen molar-refractivity contribution in [2.75, 3.05) is 18.4 Å². The number of carbonyl (C=O) groups is 1. The third kappa shape index (κ3) is 3.83. The van der Waals surface area contributed by atoms with Crippen molar-refractivity contribution in [3.63, 3.8) is 0 Å². The van der Waals surface area contributed by atoms with Gasteiger partial charge in [0.1, 0.15) is 0 Å². The number of anilines is 1. The molecule has 0 aromatic heterocycles. The summed E-state index contributed by atoms with van der Waals surface area (Å²) in [5, 5.41) is 2.71. The van der Waals surface area contributed by atoms with Gasteiger partial charge in [0.15, 0.2) is 0 Å². The van der Waals surface area contributed by atoms with E-state index in [0.717, 1.165) is 12.8 Å². The Hall–Kier alpha value is -1.40. The van der Waals surface area contributed by atoms with Crippen LogP contribution >= 0.6 is 0 Å². The Morgan fingerprint density at radius 2 is 1.81 bits per heavy atom. The number of nitrogens with one attached hydrogen (secondary N) is 1. The Balaban J connectivity index is 2.12. The number of sulfonamides is 1. The molecule has 0 spiro atoms. The van der Waals surface area contributed by atoms with Crippen molar-refractivity contribution >= 4 is 21.6 Å². The number of piperidine rings is 1. The molecule has 0 unspecified atom stereocenters. The van der Waals surface area contributed by atoms with Crippen LogP contribution in [0.2, 0.25) is 0 Å². The summed E-state index contributed by atoms with van der Waals surface area (Å²) in [4.78, 5) is 11.6. The van der Waals surface area contributed by atoms with Crippen LogP contribution in [0.25, 0.3) is 0 Å². The molecule has 1 heterocycles. The lowest BCUT2D eigenvalue weighted by Crippen LogP contribution is -2.37. The number of rotatable bonds is 4. The molecule has 2 rings (SSSR count). The maximum atomic E-state index is 12.5. The lowest BCUT2D eigenvalue weighted by atomic mass is 10.0. The highest BCUT2D eigenvalue weighted by atomic mass is 32.2. The van der Waals surface area contributed by atoms with Crippen LogP contribution in [-0.2, 0) is 14.8 Å². The summed E-state index contributed by atoms with van der Waals surface area (Å²) in [6, 6.07) is 6.37. The second-order valence-corrected chi connectivity index (χ2v) is 7.45. The zero-order valence-electron chi connectivity index (χ0n) is 12.5. The largest absolute Gasteiger partial charge is 0.326 e. The Kier molecular flexibility index (Phi) is 5.00. The van der Waals surface area contributed by atoms with Gasteiger partial charge in [-0.3, -0.25) is 4.79 Å². The van der Waals surface area contributed by atoms with E-state index < -0.39 is 10.0 Å². The summed E-state index contributed by atoms with van der Waals surface area (Å²) in [6.45, 7) is 5.08. The first-order chi connectivity index (χ1) is 9.93. The van der Waals surface area contributed by atoms with E-state index in [1.165, 1.54) is 0 Å². The maximum absolute atomic E-state index is 12.5. The van der Waals surface area contributed by atoms with Crippen molar-refractivity contribution in [3.8, 4) is 0 Å². The average molecular weight is 310 g/mol. The van der Waals surface area contributed by atoms with E-state index in [4.69, 9.17) is 0 Å². The van der Waals surface area contributed by atoms with Gasteiger partial charge in [-0.2, -0.15) is 4.31 Å². The summed E-state index contributed by atoms with van der Waals surface area (Å²) < 4.78 is 26.6. The number of carbonyl (C=O) groups excluding carboxylic acids is 1. The lowest BCUT2D eigenvalue weighted by molar-refractivity contribution is -0.115. The molecule has 21 heavy (non-hydrogen) atoms. The van der Waals surface area contributed by atoms with Crippen molar-refractivity contribution in [1.82, 2.24) is 4.31 Å². The van der Waals surface area contributed by atoms with Gasteiger partial charge in [-0.05, 0) is 43.0 Å². The van der Waals surface area contributed by atoms with Crippen LogP contribution in [0.4, 0.5) is 5.69 Å². The predicted octanol–water partition coefficient (Wildman–Crippen LogP) is 2.46. The summed E-state index contributed by atoms with van der Waals surface area (Å²) in [6.07, 6.45) is 2.21. The molecule has 1 aliphatic heterocycles. The highest BCUT2D eigenvalue weighted by molar-refractivity contribution is 7.89. The molecule has 0 radical (unpaired) electrons. The first-order valence-corrected chi connectivity index (χ1v) is 8.77. The first kappa shape index (κ1) is 16.0. The lowest BCUT2D eigenvalue weighted by Gasteiger charge is -2.29. The molecule has 0 atom stereocenters. The van der Waals surface area contributed by atoms with E-state index in [0.29, 0.717) is 31.1 Å². The van der Waals surface area contributed by atoms with Gasteiger partial charge in [0.2, 0.25) is 15.9 Å². The zero-order chi connectivity index (χ0) is 15.5. The van der Waals surface area contributed by atoms with Crippen molar-refractivity contribution < 1.29 is 13.2 Å². The molecule has 5 nitrogen and oxygen atoms in total. The third-order valence-electron chi connectivity index (χ3n) is 3.84. The Bertz CT molecular complexity index is 588. The smallest absolute Gasteiger partial charge is 0.243 e. The molecule has 0 bridgehead atoms. The highest BCUT2D eigenvalue weighted by Gasteiger charge is 2.27. The van der Waals surface area contributed by atoms with Gasteiger partial charge in [0.25, 0.3) is 0 Å². The van der Waals surface area contributed by atoms with Gasteiger partial charge in [-0.15, -0.1) is 0 Å². The van der Waals surface area contributed by atoms with Crippen LogP contribution in [0.3, 0.4) is 0 Å². The van der Waals surface area contributed by atoms with Crippen molar-refractivity contribution in [2.45, 2.75) is 38.0 Å². The molecular formula is C15H22N2O3S. The molecular weight excluding hydrogens is 288 g/mol. The summed E-state index contributed by atoms with van der Waals surface area (Å²) >= 11 is 0. The van der Waals surface area contributed by atoms with Crippen LogP contribution < -0.4 is 5.32 Å². The SMILES string of the molecule is CCC(=O)Nc1ccc(S(=O)(=O)N2CCC(C)CC2)cc1. The minimum Gasteiger partial charge on any atom is -0.326 e. The van der Waals surface area contributed by atoms with Crippen LogP contribution in [0.15, 0.2) is 29.2 Å². The standard InChI is InChI=1S/C15H22N2O3S/c1-3-15(18)16-13-4-6-14(7-5-13)21(19,20)17-10-8-12(2)9-11-17/h4-7,12H,3,8-11H2,1-2H3,(H,16,18). The molecule has 0 saturated carbocycles. The molecule has 0 aliphatic carbocycles. The Morgan fingerprint density at radius 3 is 2.33 bits per heavy atom. The van der Waals surface area contributed by atoms with E-state index in [1.54, 1.807) is 35.5 Å². The third-order valence-corrected chi connectivity index (χ3v) is 5.75. The van der Waals surface area contributed by atoms with Crippen LogP contribution in [0.5, 0.6) is 0 Å². The molecule has 6 heteroatoms. The maximum Gasteiger partial charge on any atom is 0.243 e. The van der Waals surface area contributed by atoms with E-state index in [9.17, 15) is 13.2 Å². The fourth-order valence-corrected chi connectivity index (χ4v) is 3.80. The summed E-state index contributed by atoms with van der Waals surface area (Å²) in [5.74, 6) is 0.499. The van der Waals surface area contributed by atoms with Crippen molar-refractivity contribution in [1.29, 1.82) is 0 Å². The minimum absolute atomic E-state index is 0.0874. The van der Waals surface area contributed by atoms with Crippen LogP contribution in [0.1, 0.15) is 33.1 Å². The number of amides is 1. The van der Waals surface area contributed by atoms with Gasteiger partial charge in [0, 0.05) is 25.2 Å². The number of nitrogens with zero attached hydrogens (tertiary/aromatic N) is 1. The minimum atomic E-state index is -3.42. The van der Waals surface area contributed by atoms with E-state index in [2.05, 4.69) is 12.2 Å². The van der Waals surface area contributed by atoms with Gasteiger partial charge < -0.3 is 5.32 Å². The van der Waals surface area contributed by atoms with Gasteiger partial charge in [-0.25, -0.2) is 8.42 Å². The molecule has 1 saturated heterocycles. The quantitative estimate of drug-likeness (QED) is 0.929. The Morgan fingerprint density at radius 1 is 1.24 bits per heavy atom. The second kappa shape index (κ2) is 6.58. The summed E-state index contributed by atoms with van der Waals surface area (Å²) in [7, 11) is -3.42. The summed E-state index contributed by atoms with van der Waals surface area (Å²) in [5.41, 5.74) is 0.619. The second-order valence-electron chi connectivity index (χ2n) is 5.51. The highest BCUT2D eigenvalue weighted by Crippen LogP contribution is 2.24. The fourth-order valence-electron chi connectivity index (χ4n) is 2.33. The fraction of sp³-hybridized carbons (Fsp3) is 0.533. The van der Waals surface area contributed by atoms with Gasteiger partial charge in [-0.1, -0.05) is 13.8 Å².